The average molecular weight is 356 g/mol. The van der Waals surface area contributed by atoms with Crippen LogP contribution in [0, 0.1) is 5.21 Å². The zero-order chi connectivity index (χ0) is 17.9. The molecular weight excluding hydrogens is 336 g/mol. The normalized spacial score (nSPS) is 22.6. The molecule has 1 heterocycles. The van der Waals surface area contributed by atoms with Gasteiger partial charge in [-0.15, -0.1) is 0 Å². The summed E-state index contributed by atoms with van der Waals surface area (Å²) in [7, 11) is -2.53. The largest absolute Gasteiger partial charge is 0.597 e. The van der Waals surface area contributed by atoms with Crippen LogP contribution in [-0.2, 0) is 19.7 Å². The van der Waals surface area contributed by atoms with E-state index in [1.54, 1.807) is 32.0 Å². The number of benzene rings is 1. The summed E-state index contributed by atoms with van der Waals surface area (Å²) < 4.78 is 26.8. The molecule has 1 aliphatic rings. The number of nitrogens with zero attached hydrogens (tertiary/aromatic N) is 4. The molecule has 0 aromatic heterocycles. The highest BCUT2D eigenvalue weighted by Gasteiger charge is 2.44. The lowest BCUT2D eigenvalue weighted by molar-refractivity contribution is -0.547. The summed E-state index contributed by atoms with van der Waals surface area (Å²) in [5.74, 6) is -0.517. The van der Waals surface area contributed by atoms with E-state index in [2.05, 4.69) is 10.1 Å². The van der Waals surface area contributed by atoms with Crippen molar-refractivity contribution in [3.8, 4) is 0 Å². The topological polar surface area (TPSA) is 105 Å². The number of sulfonamides is 1. The van der Waals surface area contributed by atoms with Gasteiger partial charge in [0.15, 0.2) is 5.28 Å². The molecule has 1 saturated heterocycles. The fraction of sp³-hybridized carbons (Fsp3) is 0.500. The third kappa shape index (κ3) is 3.49. The van der Waals surface area contributed by atoms with Crippen molar-refractivity contribution in [3.05, 3.63) is 35.5 Å². The summed E-state index contributed by atoms with van der Waals surface area (Å²) in [5, 5.41) is 14.5. The molecule has 1 aliphatic heterocycles. The summed E-state index contributed by atoms with van der Waals surface area (Å²) in [4.78, 5) is 18.3. The number of rotatable bonds is 5. The van der Waals surface area contributed by atoms with Crippen LogP contribution in [0.3, 0.4) is 0 Å². The first-order valence-electron chi connectivity index (χ1n) is 7.36. The van der Waals surface area contributed by atoms with E-state index >= 15 is 0 Å². The van der Waals surface area contributed by atoms with Crippen molar-refractivity contribution in [1.82, 2.24) is 9.21 Å². The van der Waals surface area contributed by atoms with Gasteiger partial charge in [0.1, 0.15) is 7.11 Å². The van der Waals surface area contributed by atoms with E-state index < -0.39 is 28.6 Å². The van der Waals surface area contributed by atoms with E-state index in [-0.39, 0.29) is 22.3 Å². The fourth-order valence-electron chi connectivity index (χ4n) is 2.81. The molecule has 2 rings (SSSR count). The molecule has 1 aromatic carbocycles. The highest BCUT2D eigenvalue weighted by atomic mass is 32.2. The van der Waals surface area contributed by atoms with Gasteiger partial charge in [0.05, 0.1) is 11.1 Å². The van der Waals surface area contributed by atoms with E-state index in [0.29, 0.717) is 0 Å². The molecule has 0 bridgehead atoms. The highest BCUT2D eigenvalue weighted by molar-refractivity contribution is 7.89. The number of carbonyl (C=O) groups excluding carboxylic acids is 1. The van der Waals surface area contributed by atoms with Gasteiger partial charge in [-0.3, -0.25) is 4.79 Å². The maximum absolute atomic E-state index is 12.8. The maximum Gasteiger partial charge on any atom is 0.293 e. The van der Waals surface area contributed by atoms with E-state index in [1.165, 1.54) is 28.4 Å². The molecule has 2 atom stereocenters. The Morgan fingerprint density at radius 2 is 2.00 bits per heavy atom. The van der Waals surface area contributed by atoms with Gasteiger partial charge < -0.3 is 14.9 Å². The zero-order valence-electron chi connectivity index (χ0n) is 13.7. The number of hydrogen-bond acceptors (Lipinski definition) is 6. The molecule has 1 aromatic rings. The van der Waals surface area contributed by atoms with E-state index in [1.807, 2.05) is 0 Å². The summed E-state index contributed by atoms with van der Waals surface area (Å²) in [6.07, 6.45) is -0.700. The van der Waals surface area contributed by atoms with Crippen LogP contribution in [0.25, 0.3) is 0 Å². The smallest absolute Gasteiger partial charge is 0.293 e. The van der Waals surface area contributed by atoms with E-state index in [4.69, 9.17) is 0 Å². The highest BCUT2D eigenvalue weighted by Crippen LogP contribution is 2.27. The summed E-state index contributed by atoms with van der Waals surface area (Å²) in [6.45, 7) is 2.97. The van der Waals surface area contributed by atoms with E-state index in [9.17, 15) is 18.4 Å². The van der Waals surface area contributed by atoms with Crippen molar-refractivity contribution in [2.75, 3.05) is 20.2 Å². The van der Waals surface area contributed by atoms with Gasteiger partial charge >= 0.3 is 0 Å². The van der Waals surface area contributed by atoms with Crippen molar-refractivity contribution >= 4 is 15.9 Å². The lowest BCUT2D eigenvalue weighted by Crippen LogP contribution is -2.45. The third-order valence-electron chi connectivity index (χ3n) is 3.82. The summed E-state index contributed by atoms with van der Waals surface area (Å²) in [6, 6.07) is 7.67. The van der Waals surface area contributed by atoms with Gasteiger partial charge in [-0.05, 0) is 30.8 Å². The molecule has 132 valence electrons. The van der Waals surface area contributed by atoms with Gasteiger partial charge in [0.2, 0.25) is 10.0 Å². The number of amides is 1. The fourth-order valence-corrected chi connectivity index (χ4v) is 4.49. The molecule has 24 heavy (non-hydrogen) atoms. The Balaban J connectivity index is 2.22. The van der Waals surface area contributed by atoms with Crippen LogP contribution in [0.15, 0.2) is 40.5 Å². The molecule has 1 fully saturated rings. The SMILES string of the molecule is CO/N=[N+](\[O-])CC(=O)N1C(C)CN(S(=O)(=O)c2ccccc2)C1C. The first-order chi connectivity index (χ1) is 11.3. The van der Waals surface area contributed by atoms with Crippen LogP contribution >= 0.6 is 0 Å². The van der Waals surface area contributed by atoms with Crippen LogP contribution in [0.2, 0.25) is 0 Å². The number of carbonyl (C=O) groups is 1. The Morgan fingerprint density at radius 1 is 1.38 bits per heavy atom. The molecule has 0 saturated carbocycles. The monoisotopic (exact) mass is 356 g/mol. The lowest BCUT2D eigenvalue weighted by Gasteiger charge is -2.27. The number of hydroxylamine groups is 1. The second-order valence-corrected chi connectivity index (χ2v) is 7.33. The Morgan fingerprint density at radius 3 is 2.58 bits per heavy atom. The molecule has 2 unspecified atom stereocenters. The Kier molecular flexibility index (Phi) is 5.40. The molecular formula is C14H20N4O5S. The van der Waals surface area contributed by atoms with Gasteiger partial charge in [0.25, 0.3) is 12.5 Å². The van der Waals surface area contributed by atoms with Crippen molar-refractivity contribution in [3.63, 3.8) is 0 Å². The molecule has 10 heteroatoms. The minimum atomic E-state index is -3.73. The first kappa shape index (κ1) is 18.1. The second kappa shape index (κ2) is 7.14. The number of hydrogen-bond donors (Lipinski definition) is 0. The van der Waals surface area contributed by atoms with Crippen molar-refractivity contribution in [2.24, 2.45) is 5.28 Å². The van der Waals surface area contributed by atoms with Crippen molar-refractivity contribution in [1.29, 1.82) is 0 Å². The van der Waals surface area contributed by atoms with Crippen LogP contribution in [0.1, 0.15) is 13.8 Å². The predicted molar refractivity (Wildman–Crippen MR) is 84.0 cm³/mol. The van der Waals surface area contributed by atoms with Crippen LogP contribution in [0.4, 0.5) is 0 Å². The predicted octanol–water partition coefficient (Wildman–Crippen LogP) is 0.778. The second-order valence-electron chi connectivity index (χ2n) is 5.44. The molecule has 1 amide bonds. The maximum atomic E-state index is 12.8. The molecule has 0 aliphatic carbocycles. The Labute approximate surface area is 140 Å². The van der Waals surface area contributed by atoms with Gasteiger partial charge in [-0.1, -0.05) is 18.2 Å². The average Bonchev–Trinajstić information content (AvgIpc) is 2.84. The standard InChI is InChI=1S/C14H20N4O5S/c1-11-9-16(24(21,22)13-7-5-4-6-8-13)12(2)18(11)14(19)10-17(20)15-23-3/h4-8,11-12H,9-10H2,1-3H3/b17-15-. The Bertz CT molecular complexity index is 722. The van der Waals surface area contributed by atoms with Crippen LogP contribution in [-0.4, -0.2) is 60.8 Å². The zero-order valence-corrected chi connectivity index (χ0v) is 14.5. The first-order valence-corrected chi connectivity index (χ1v) is 8.80. The van der Waals surface area contributed by atoms with Gasteiger partial charge in [0, 0.05) is 12.6 Å². The third-order valence-corrected chi connectivity index (χ3v) is 5.76. The summed E-state index contributed by atoms with van der Waals surface area (Å²) >= 11 is 0. The minimum absolute atomic E-state index is 0.121. The van der Waals surface area contributed by atoms with Crippen LogP contribution in [0.5, 0.6) is 0 Å². The van der Waals surface area contributed by atoms with Crippen molar-refractivity contribution < 1.29 is 22.9 Å². The van der Waals surface area contributed by atoms with E-state index in [0.717, 1.165) is 0 Å². The van der Waals surface area contributed by atoms with Gasteiger partial charge in [-0.2, -0.15) is 4.31 Å². The molecule has 0 N–H and O–H groups in total. The van der Waals surface area contributed by atoms with Gasteiger partial charge in [-0.25, -0.2) is 8.42 Å². The molecule has 0 spiro atoms. The lowest BCUT2D eigenvalue weighted by atomic mass is 10.3. The minimum Gasteiger partial charge on any atom is -0.597 e. The molecule has 9 nitrogen and oxygen atoms in total. The van der Waals surface area contributed by atoms with Crippen molar-refractivity contribution in [2.45, 2.75) is 31.0 Å². The van der Waals surface area contributed by atoms with Crippen LogP contribution < -0.4 is 0 Å². The summed E-state index contributed by atoms with van der Waals surface area (Å²) in [5.41, 5.74) is 0. The quantitative estimate of drug-likeness (QED) is 0.440. The Hall–Kier alpha value is -2.20. The molecule has 0 radical (unpaired) electrons.